The van der Waals surface area contributed by atoms with E-state index in [-0.39, 0.29) is 31.0 Å². The van der Waals surface area contributed by atoms with Gasteiger partial charge in [0, 0.05) is 5.02 Å². The summed E-state index contributed by atoms with van der Waals surface area (Å²) in [6, 6.07) is 20.1. The SMILES string of the molecule is CC(C)(C)OC(=O)N1CC(Oc2cccc(CO)c2)C1.CC(C)(C)OC(=O)N1CC(Oc2cccc(COc3ccc(Cl)cc3Cl)c2)C1. The number of halogens is 2. The van der Waals surface area contributed by atoms with E-state index < -0.39 is 11.2 Å². The summed E-state index contributed by atoms with van der Waals surface area (Å²) in [6.07, 6.45) is -0.679. The molecule has 0 spiro atoms. The van der Waals surface area contributed by atoms with Crippen molar-refractivity contribution in [1.82, 2.24) is 9.80 Å². The molecule has 0 unspecified atom stereocenters. The minimum atomic E-state index is -0.496. The Morgan fingerprint density at radius 2 is 1.21 bits per heavy atom. The van der Waals surface area contributed by atoms with Gasteiger partial charge in [-0.3, -0.25) is 0 Å². The summed E-state index contributed by atoms with van der Waals surface area (Å²) in [6.45, 7) is 13.5. The average molecular weight is 704 g/mol. The molecule has 2 heterocycles. The van der Waals surface area contributed by atoms with E-state index in [9.17, 15) is 9.59 Å². The van der Waals surface area contributed by atoms with E-state index in [0.717, 1.165) is 16.9 Å². The van der Waals surface area contributed by atoms with Gasteiger partial charge in [-0.05, 0) is 95.1 Å². The van der Waals surface area contributed by atoms with Gasteiger partial charge >= 0.3 is 12.2 Å². The molecule has 2 saturated heterocycles. The summed E-state index contributed by atoms with van der Waals surface area (Å²) in [5.74, 6) is 2.02. The fourth-order valence-corrected chi connectivity index (χ4v) is 5.00. The zero-order valence-corrected chi connectivity index (χ0v) is 29.7. The minimum Gasteiger partial charge on any atom is -0.487 e. The first-order chi connectivity index (χ1) is 22.6. The van der Waals surface area contributed by atoms with E-state index in [0.29, 0.717) is 54.3 Å². The summed E-state index contributed by atoms with van der Waals surface area (Å²) in [5.41, 5.74) is 0.792. The van der Waals surface area contributed by atoms with E-state index in [1.807, 2.05) is 84.0 Å². The van der Waals surface area contributed by atoms with Crippen LogP contribution in [-0.2, 0) is 22.7 Å². The van der Waals surface area contributed by atoms with Gasteiger partial charge in [-0.15, -0.1) is 0 Å². The number of hydrogen-bond acceptors (Lipinski definition) is 8. The lowest BCUT2D eigenvalue weighted by Gasteiger charge is -2.39. The summed E-state index contributed by atoms with van der Waals surface area (Å²) in [7, 11) is 0. The molecule has 3 aromatic rings. The summed E-state index contributed by atoms with van der Waals surface area (Å²) in [4.78, 5) is 27.0. The molecular weight excluding hydrogens is 659 g/mol. The molecule has 12 heteroatoms. The number of ether oxygens (including phenoxy) is 5. The Labute approximate surface area is 292 Å². The van der Waals surface area contributed by atoms with Gasteiger partial charge in [0.2, 0.25) is 0 Å². The Morgan fingerprint density at radius 1 is 0.729 bits per heavy atom. The molecule has 2 amide bonds. The highest BCUT2D eigenvalue weighted by Gasteiger charge is 2.36. The van der Waals surface area contributed by atoms with Crippen molar-refractivity contribution in [2.45, 2.75) is 78.2 Å². The summed E-state index contributed by atoms with van der Waals surface area (Å²) in [5, 5.41) is 10.1. The fourth-order valence-electron chi connectivity index (χ4n) is 4.54. The first-order valence-corrected chi connectivity index (χ1v) is 16.5. The number of benzene rings is 3. The number of hydrogen-bond donors (Lipinski definition) is 1. The third kappa shape index (κ3) is 11.7. The molecule has 0 atom stereocenters. The molecule has 0 radical (unpaired) electrons. The van der Waals surface area contributed by atoms with Crippen LogP contribution in [0.2, 0.25) is 10.0 Å². The Hall–Kier alpha value is -3.86. The maximum atomic E-state index is 12.0. The van der Waals surface area contributed by atoms with Gasteiger partial charge < -0.3 is 38.6 Å². The van der Waals surface area contributed by atoms with Crippen LogP contribution >= 0.6 is 23.2 Å². The monoisotopic (exact) mass is 702 g/mol. The van der Waals surface area contributed by atoms with E-state index in [1.54, 1.807) is 34.1 Å². The molecule has 2 fully saturated rings. The van der Waals surface area contributed by atoms with E-state index in [1.165, 1.54) is 0 Å². The predicted octanol–water partition coefficient (Wildman–Crippen LogP) is 7.75. The summed E-state index contributed by atoms with van der Waals surface area (Å²) >= 11 is 12.0. The van der Waals surface area contributed by atoms with Crippen LogP contribution < -0.4 is 14.2 Å². The van der Waals surface area contributed by atoms with Gasteiger partial charge in [-0.2, -0.15) is 0 Å². The van der Waals surface area contributed by atoms with E-state index in [4.69, 9.17) is 52.0 Å². The molecule has 2 aliphatic rings. The molecule has 0 bridgehead atoms. The highest BCUT2D eigenvalue weighted by molar-refractivity contribution is 6.35. The van der Waals surface area contributed by atoms with Crippen molar-refractivity contribution in [2.24, 2.45) is 0 Å². The van der Waals surface area contributed by atoms with Crippen LogP contribution in [0.25, 0.3) is 0 Å². The Kier molecular flexibility index (Phi) is 12.3. The van der Waals surface area contributed by atoms with Crippen molar-refractivity contribution in [3.63, 3.8) is 0 Å². The van der Waals surface area contributed by atoms with E-state index >= 15 is 0 Å². The number of rotatable bonds is 8. The van der Waals surface area contributed by atoms with Crippen molar-refractivity contribution < 1.29 is 38.4 Å². The van der Waals surface area contributed by atoms with Crippen molar-refractivity contribution in [2.75, 3.05) is 26.2 Å². The number of nitrogens with zero attached hydrogens (tertiary/aromatic N) is 2. The van der Waals surface area contributed by atoms with Gasteiger partial charge in [0.1, 0.15) is 47.3 Å². The normalized spacial score (nSPS) is 14.9. The highest BCUT2D eigenvalue weighted by atomic mass is 35.5. The van der Waals surface area contributed by atoms with Crippen molar-refractivity contribution in [3.8, 4) is 17.2 Å². The minimum absolute atomic E-state index is 0.00804. The van der Waals surface area contributed by atoms with Crippen LogP contribution in [0, 0.1) is 0 Å². The first kappa shape index (κ1) is 37.0. The van der Waals surface area contributed by atoms with Crippen LogP contribution in [0.4, 0.5) is 9.59 Å². The maximum Gasteiger partial charge on any atom is 0.410 e. The molecule has 260 valence electrons. The molecule has 0 saturated carbocycles. The third-order valence-corrected chi connectivity index (χ3v) is 7.40. The second kappa shape index (κ2) is 16.0. The molecule has 10 nitrogen and oxygen atoms in total. The fraction of sp³-hybridized carbons (Fsp3) is 0.444. The Balaban J connectivity index is 0.000000229. The van der Waals surface area contributed by atoms with Crippen LogP contribution in [0.3, 0.4) is 0 Å². The van der Waals surface area contributed by atoms with Crippen LogP contribution in [0.5, 0.6) is 17.2 Å². The number of carbonyl (C=O) groups excluding carboxylic acids is 2. The predicted molar refractivity (Wildman–Crippen MR) is 184 cm³/mol. The number of aliphatic hydroxyl groups is 1. The van der Waals surface area contributed by atoms with Gasteiger partial charge in [-0.25, -0.2) is 9.59 Å². The lowest BCUT2D eigenvalue weighted by Crippen LogP contribution is -2.57. The molecule has 0 aliphatic carbocycles. The zero-order chi connectivity index (χ0) is 35.1. The largest absolute Gasteiger partial charge is 0.487 e. The number of amides is 2. The zero-order valence-electron chi connectivity index (χ0n) is 28.2. The number of aliphatic hydroxyl groups excluding tert-OH is 1. The standard InChI is InChI=1S/C21H23Cl2NO4.C15H21NO4/c1-21(2,3)28-20(25)24-11-17(12-24)27-16-6-4-5-14(9-16)13-26-19-8-7-15(22)10-18(19)23;1-15(2,3)20-14(18)16-8-13(9-16)19-12-6-4-5-11(7-12)10-17/h4-10,17H,11-13H2,1-3H3;4-7,13,17H,8-10H2,1-3H3. The Bertz CT molecular complexity index is 1540. The smallest absolute Gasteiger partial charge is 0.410 e. The molecule has 0 aromatic heterocycles. The molecule has 1 N–H and O–H groups in total. The second-order valence-electron chi connectivity index (χ2n) is 13.6. The van der Waals surface area contributed by atoms with Gasteiger partial charge in [0.25, 0.3) is 0 Å². The van der Waals surface area contributed by atoms with Crippen molar-refractivity contribution in [3.05, 3.63) is 87.9 Å². The lowest BCUT2D eigenvalue weighted by molar-refractivity contribution is -0.0225. The molecule has 2 aliphatic heterocycles. The highest BCUT2D eigenvalue weighted by Crippen LogP contribution is 2.29. The van der Waals surface area contributed by atoms with Crippen molar-refractivity contribution in [1.29, 1.82) is 0 Å². The van der Waals surface area contributed by atoms with E-state index in [2.05, 4.69) is 0 Å². The number of carbonyl (C=O) groups is 2. The molecule has 3 aromatic carbocycles. The molecule has 5 rings (SSSR count). The van der Waals surface area contributed by atoms with Gasteiger partial charge in [0.05, 0.1) is 37.8 Å². The first-order valence-electron chi connectivity index (χ1n) is 15.7. The quantitative estimate of drug-likeness (QED) is 0.254. The average Bonchev–Trinajstić information content (AvgIpc) is 2.94. The summed E-state index contributed by atoms with van der Waals surface area (Å²) < 4.78 is 28.1. The van der Waals surface area contributed by atoms with Gasteiger partial charge in [0.15, 0.2) is 0 Å². The van der Waals surface area contributed by atoms with Crippen LogP contribution in [0.15, 0.2) is 66.7 Å². The molecular formula is C36H44Cl2N2O8. The third-order valence-electron chi connectivity index (χ3n) is 6.87. The Morgan fingerprint density at radius 3 is 1.67 bits per heavy atom. The topological polar surface area (TPSA) is 107 Å². The van der Waals surface area contributed by atoms with Crippen molar-refractivity contribution >= 4 is 35.4 Å². The number of likely N-dealkylation sites (tertiary alicyclic amines) is 2. The maximum absolute atomic E-state index is 12.0. The van der Waals surface area contributed by atoms with Crippen LogP contribution in [0.1, 0.15) is 52.7 Å². The second-order valence-corrected chi connectivity index (χ2v) is 14.4. The van der Waals surface area contributed by atoms with Crippen LogP contribution in [-0.4, -0.2) is 76.7 Å². The van der Waals surface area contributed by atoms with Gasteiger partial charge in [-0.1, -0.05) is 47.5 Å². The molecule has 48 heavy (non-hydrogen) atoms. The lowest BCUT2D eigenvalue weighted by atomic mass is 10.1.